The summed E-state index contributed by atoms with van der Waals surface area (Å²) in [5.41, 5.74) is -3.14. The van der Waals surface area contributed by atoms with Crippen molar-refractivity contribution in [2.24, 2.45) is 0 Å². The van der Waals surface area contributed by atoms with Gasteiger partial charge in [0.05, 0.1) is 5.69 Å². The fourth-order valence-corrected chi connectivity index (χ4v) is 2.91. The Morgan fingerprint density at radius 2 is 1.53 bits per heavy atom. The number of quaternary nitrogens is 1. The van der Waals surface area contributed by atoms with Gasteiger partial charge in [-0.3, -0.25) is 10.1 Å². The molecule has 1 heterocycles. The van der Waals surface area contributed by atoms with E-state index in [0.29, 0.717) is 10.9 Å². The molecule has 1 fully saturated rings. The van der Waals surface area contributed by atoms with Gasteiger partial charge in [0, 0.05) is 5.56 Å². The molecule has 0 spiro atoms. The lowest BCUT2D eigenvalue weighted by molar-refractivity contribution is -0.754. The van der Waals surface area contributed by atoms with Crippen molar-refractivity contribution in [1.29, 1.82) is 0 Å². The zero-order valence-electron chi connectivity index (χ0n) is 14.9. The maximum absolute atomic E-state index is 13.8. The molecule has 3 rings (SSSR count). The summed E-state index contributed by atoms with van der Waals surface area (Å²) < 4.78 is 81.9. The van der Waals surface area contributed by atoms with Crippen LogP contribution in [0.3, 0.4) is 0 Å². The number of nitrogens with zero attached hydrogens (tertiary/aromatic N) is 1. The van der Waals surface area contributed by atoms with Crippen LogP contribution in [0.25, 0.3) is 0 Å². The van der Waals surface area contributed by atoms with Crippen molar-refractivity contribution in [2.75, 3.05) is 4.90 Å². The Balaban J connectivity index is 1.87. The molecule has 160 valence electrons. The molecule has 0 aromatic heterocycles. The van der Waals surface area contributed by atoms with Gasteiger partial charge in [0.25, 0.3) is 0 Å². The van der Waals surface area contributed by atoms with E-state index in [4.69, 9.17) is 0 Å². The molecular weight excluding hydrogens is 420 g/mol. The van der Waals surface area contributed by atoms with E-state index in [0.717, 1.165) is 24.3 Å². The number of nitrogens with one attached hydrogen (secondary N) is 1. The summed E-state index contributed by atoms with van der Waals surface area (Å²) in [4.78, 5) is 25.2. The van der Waals surface area contributed by atoms with Gasteiger partial charge in [-0.25, -0.2) is 9.69 Å². The van der Waals surface area contributed by atoms with Crippen molar-refractivity contribution in [3.05, 3.63) is 60.2 Å². The number of hydrogen-bond donors (Lipinski definition) is 2. The number of benzene rings is 2. The van der Waals surface area contributed by atoms with E-state index in [-0.39, 0.29) is 17.1 Å². The normalized spacial score (nSPS) is 19.7. The number of rotatable bonds is 5. The van der Waals surface area contributed by atoms with E-state index in [2.05, 4.69) is 4.74 Å². The molecule has 1 aliphatic rings. The van der Waals surface area contributed by atoms with E-state index in [9.17, 15) is 35.9 Å². The van der Waals surface area contributed by atoms with Gasteiger partial charge in [0.15, 0.2) is 0 Å². The molecule has 6 nitrogen and oxygen atoms in total. The van der Waals surface area contributed by atoms with Crippen molar-refractivity contribution in [3.8, 4) is 5.75 Å². The number of carbonyl (C=O) groups is 2. The van der Waals surface area contributed by atoms with Crippen molar-refractivity contribution in [3.63, 3.8) is 0 Å². The Bertz CT molecular complexity index is 931. The molecule has 0 saturated carbocycles. The van der Waals surface area contributed by atoms with E-state index < -0.39 is 35.9 Å². The molecule has 2 aromatic rings. The topological polar surface area (TPSA) is 75.2 Å². The fraction of sp³-hybridized carbons (Fsp3) is 0.222. The lowest BCUT2D eigenvalue weighted by Crippen LogP contribution is -3.04. The molecule has 3 amide bonds. The Morgan fingerprint density at radius 3 is 2.07 bits per heavy atom. The van der Waals surface area contributed by atoms with Gasteiger partial charge in [-0.05, 0) is 24.3 Å². The second-order valence-corrected chi connectivity index (χ2v) is 6.31. The van der Waals surface area contributed by atoms with Crippen molar-refractivity contribution >= 4 is 17.6 Å². The van der Waals surface area contributed by atoms with Gasteiger partial charge in [0.2, 0.25) is 0 Å². The molecule has 1 aliphatic heterocycles. The maximum atomic E-state index is 13.8. The van der Waals surface area contributed by atoms with E-state index in [1.165, 1.54) is 0 Å². The van der Waals surface area contributed by atoms with Gasteiger partial charge < -0.3 is 10.1 Å². The quantitative estimate of drug-likeness (QED) is 0.562. The Morgan fingerprint density at radius 1 is 0.933 bits per heavy atom. The van der Waals surface area contributed by atoms with Gasteiger partial charge in [-0.15, -0.1) is 13.2 Å². The summed E-state index contributed by atoms with van der Waals surface area (Å²) in [6.45, 7) is -0.265. The first-order valence-electron chi connectivity index (χ1n) is 8.40. The third kappa shape index (κ3) is 4.17. The number of carbonyl (C=O) groups excluding carboxylic acids is 2. The zero-order valence-corrected chi connectivity index (χ0v) is 14.9. The Hall–Kier alpha value is -3.28. The van der Waals surface area contributed by atoms with Crippen LogP contribution in [-0.2, 0) is 11.3 Å². The minimum atomic E-state index is -5.15. The van der Waals surface area contributed by atoms with Crippen LogP contribution >= 0.6 is 0 Å². The second kappa shape index (κ2) is 7.52. The molecule has 1 saturated heterocycles. The molecule has 0 radical (unpaired) electrons. The minimum Gasteiger partial charge on any atom is -0.406 e. The van der Waals surface area contributed by atoms with Crippen LogP contribution in [0.5, 0.6) is 5.75 Å². The average Bonchev–Trinajstić information content (AvgIpc) is 2.91. The first kappa shape index (κ1) is 21.4. The Kier molecular flexibility index (Phi) is 5.37. The predicted octanol–water partition coefficient (Wildman–Crippen LogP) is 2.66. The van der Waals surface area contributed by atoms with E-state index >= 15 is 0 Å². The first-order chi connectivity index (χ1) is 13.9. The lowest BCUT2D eigenvalue weighted by atomic mass is 10.1. The van der Waals surface area contributed by atoms with Crippen molar-refractivity contribution in [1.82, 2.24) is 5.32 Å². The van der Waals surface area contributed by atoms with Crippen LogP contribution in [0, 0.1) is 0 Å². The molecule has 2 aromatic carbocycles. The molecule has 30 heavy (non-hydrogen) atoms. The molecular formula is C18H14F6N3O3+. The van der Waals surface area contributed by atoms with Crippen LogP contribution in [-0.4, -0.2) is 30.1 Å². The van der Waals surface area contributed by atoms with Crippen molar-refractivity contribution < 1.29 is 46.0 Å². The summed E-state index contributed by atoms with van der Waals surface area (Å²) in [6, 6.07) is 9.95. The SMILES string of the molecule is O=C1N[C@@]([NH2+]Cc2ccccc2)(C(F)(F)F)C(=O)N1c1ccc(OC(F)(F)F)cc1. The highest BCUT2D eigenvalue weighted by atomic mass is 19.4. The van der Waals surface area contributed by atoms with Crippen LogP contribution in [0.1, 0.15) is 5.56 Å². The molecule has 0 bridgehead atoms. The highest BCUT2D eigenvalue weighted by Crippen LogP contribution is 2.34. The van der Waals surface area contributed by atoms with Gasteiger partial charge >= 0.3 is 30.1 Å². The fourth-order valence-electron chi connectivity index (χ4n) is 2.91. The number of imide groups is 1. The minimum absolute atomic E-state index is 0.229. The second-order valence-electron chi connectivity index (χ2n) is 6.31. The van der Waals surface area contributed by atoms with E-state index in [1.807, 2.05) is 0 Å². The largest absolute Gasteiger partial charge is 0.573 e. The first-order valence-corrected chi connectivity index (χ1v) is 8.40. The molecule has 0 aliphatic carbocycles. The third-order valence-electron chi connectivity index (χ3n) is 4.31. The monoisotopic (exact) mass is 434 g/mol. The highest BCUT2D eigenvalue weighted by molar-refractivity contribution is 6.22. The van der Waals surface area contributed by atoms with E-state index in [1.54, 1.807) is 35.6 Å². The Labute approximate surface area is 165 Å². The van der Waals surface area contributed by atoms with Crippen LogP contribution in [0.4, 0.5) is 36.8 Å². The van der Waals surface area contributed by atoms with Crippen LogP contribution in [0.15, 0.2) is 54.6 Å². The van der Waals surface area contributed by atoms with Gasteiger partial charge in [0.1, 0.15) is 12.3 Å². The highest BCUT2D eigenvalue weighted by Gasteiger charge is 2.72. The van der Waals surface area contributed by atoms with Crippen LogP contribution < -0.4 is 20.3 Å². The molecule has 1 atom stereocenters. The average molecular weight is 434 g/mol. The standard InChI is InChI=1S/C18H13F6N3O3/c19-17(20,21)16(25-10-11-4-2-1-3-5-11)14(28)27(15(29)26-16)12-6-8-13(9-7-12)30-18(22,23)24/h1-9,25H,10H2,(H,26,29)/p+1/t16-/m1/s1. The predicted molar refractivity (Wildman–Crippen MR) is 90.0 cm³/mol. The number of anilines is 1. The lowest BCUT2D eigenvalue weighted by Gasteiger charge is -2.26. The number of amides is 3. The summed E-state index contributed by atoms with van der Waals surface area (Å²) >= 11 is 0. The number of ether oxygens (including phenoxy) is 1. The molecule has 3 N–H and O–H groups in total. The number of urea groups is 1. The smallest absolute Gasteiger partial charge is 0.406 e. The van der Waals surface area contributed by atoms with Gasteiger partial charge in [-0.2, -0.15) is 13.2 Å². The molecule has 0 unspecified atom stereocenters. The van der Waals surface area contributed by atoms with Crippen LogP contribution in [0.2, 0.25) is 0 Å². The summed E-state index contributed by atoms with van der Waals surface area (Å²) in [6.07, 6.45) is -10.1. The number of nitrogens with two attached hydrogens (primary N) is 1. The van der Waals surface area contributed by atoms with Gasteiger partial charge in [-0.1, -0.05) is 30.3 Å². The number of halogens is 6. The number of alkyl halides is 6. The number of hydrogen-bond acceptors (Lipinski definition) is 3. The third-order valence-corrected chi connectivity index (χ3v) is 4.31. The summed E-state index contributed by atoms with van der Waals surface area (Å²) in [7, 11) is 0. The maximum Gasteiger partial charge on any atom is 0.573 e. The summed E-state index contributed by atoms with van der Waals surface area (Å²) in [5, 5.41) is 2.33. The van der Waals surface area contributed by atoms with Crippen molar-refractivity contribution in [2.45, 2.75) is 24.7 Å². The zero-order chi connectivity index (χ0) is 22.2. The summed E-state index contributed by atoms with van der Waals surface area (Å²) in [5.74, 6) is -2.27. The molecule has 12 heteroatoms.